The van der Waals surface area contributed by atoms with Gasteiger partial charge in [0.15, 0.2) is 0 Å². The van der Waals surface area contributed by atoms with Crippen LogP contribution in [0.4, 0.5) is 0 Å². The van der Waals surface area contributed by atoms with E-state index in [2.05, 4.69) is 91.1 Å². The lowest BCUT2D eigenvalue weighted by Crippen LogP contribution is -2.41. The monoisotopic (exact) mass is 470 g/mol. The number of pyridine rings is 1. The van der Waals surface area contributed by atoms with Crippen molar-refractivity contribution in [3.8, 4) is 0 Å². The Bertz CT molecular complexity index is 1580. The molecule has 1 heterocycles. The summed E-state index contributed by atoms with van der Waals surface area (Å²) in [6.45, 7) is 2.24. The molecule has 1 atom stereocenters. The maximum atomic E-state index is 13.9. The Hall–Kier alpha value is -3.52. The zero-order valence-corrected chi connectivity index (χ0v) is 21.0. The highest BCUT2D eigenvalue weighted by Gasteiger charge is 2.44. The molecule has 1 aromatic heterocycles. The van der Waals surface area contributed by atoms with Gasteiger partial charge in [-0.15, -0.1) is 0 Å². The number of benzene rings is 4. The number of aryl methyl sites for hydroxylation is 1. The van der Waals surface area contributed by atoms with E-state index >= 15 is 0 Å². The van der Waals surface area contributed by atoms with Gasteiger partial charge in [-0.25, -0.2) is 0 Å². The van der Waals surface area contributed by atoms with Crippen LogP contribution in [-0.2, 0) is 16.6 Å². The third-order valence-electron chi connectivity index (χ3n) is 8.08. The third kappa shape index (κ3) is 3.89. The van der Waals surface area contributed by atoms with Crippen LogP contribution in [0.2, 0.25) is 0 Å². The zero-order chi connectivity index (χ0) is 24.5. The second kappa shape index (κ2) is 9.50. The van der Waals surface area contributed by atoms with E-state index in [1.807, 2.05) is 12.3 Å². The van der Waals surface area contributed by atoms with Crippen molar-refractivity contribution in [2.45, 2.75) is 57.3 Å². The minimum Gasteiger partial charge on any atom is -0.299 e. The Morgan fingerprint density at radius 3 is 2.58 bits per heavy atom. The Morgan fingerprint density at radius 1 is 0.806 bits per heavy atom. The van der Waals surface area contributed by atoms with Crippen molar-refractivity contribution in [3.63, 3.8) is 0 Å². The van der Waals surface area contributed by atoms with Gasteiger partial charge in [0.05, 0.1) is 10.9 Å². The summed E-state index contributed by atoms with van der Waals surface area (Å²) in [5, 5.41) is 6.25. The molecule has 1 aliphatic carbocycles. The lowest BCUT2D eigenvalue weighted by Gasteiger charge is -2.39. The highest BCUT2D eigenvalue weighted by molar-refractivity contribution is 6.10. The molecule has 0 fully saturated rings. The standard InChI is InChI=1S/C34H32NO/c1-2-3-4-7-20-34(23-24-12-18-32-26(22-24)10-8-21-35-32)31-17-15-28-27-11-6-5-9-25(27)13-14-29(28)30(31)16-19-33(34)36/h5-6,8-15,17-18,21-23H,2-4,7,16,19-20H2,1H3. The molecule has 2 heteroatoms. The fraction of sp³-hybridized carbons (Fsp3) is 0.265. The van der Waals surface area contributed by atoms with Gasteiger partial charge in [0, 0.05) is 24.4 Å². The number of hydrogen-bond donors (Lipinski definition) is 0. The molecule has 0 bridgehead atoms. The average Bonchev–Trinajstić information content (AvgIpc) is 2.92. The van der Waals surface area contributed by atoms with Crippen LogP contribution in [0.1, 0.15) is 62.1 Å². The molecule has 0 N–H and O–H groups in total. The van der Waals surface area contributed by atoms with Crippen LogP contribution < -0.4 is 0 Å². The first-order chi connectivity index (χ1) is 17.7. The minimum atomic E-state index is -0.586. The largest absolute Gasteiger partial charge is 0.299 e. The molecule has 1 aliphatic rings. The number of Topliss-reactive ketones (excluding diaryl/α,β-unsaturated/α-hetero) is 1. The predicted octanol–water partition coefficient (Wildman–Crippen LogP) is 8.52. The molecule has 6 rings (SSSR count). The highest BCUT2D eigenvalue weighted by atomic mass is 16.1. The zero-order valence-electron chi connectivity index (χ0n) is 21.0. The first kappa shape index (κ1) is 22.9. The normalized spacial score (nSPS) is 17.6. The van der Waals surface area contributed by atoms with Gasteiger partial charge >= 0.3 is 0 Å². The smallest absolute Gasteiger partial charge is 0.144 e. The summed E-state index contributed by atoms with van der Waals surface area (Å²) in [5.74, 6) is 0.359. The lowest BCUT2D eigenvalue weighted by molar-refractivity contribution is -0.124. The summed E-state index contributed by atoms with van der Waals surface area (Å²) < 4.78 is 0. The number of aromatic nitrogens is 1. The Morgan fingerprint density at radius 2 is 1.67 bits per heavy atom. The number of fused-ring (bicyclic) bond motifs is 6. The van der Waals surface area contributed by atoms with Crippen molar-refractivity contribution >= 4 is 38.2 Å². The van der Waals surface area contributed by atoms with Crippen molar-refractivity contribution in [2.24, 2.45) is 0 Å². The number of ketones is 1. The molecule has 0 saturated carbocycles. The van der Waals surface area contributed by atoms with Gasteiger partial charge in [-0.1, -0.05) is 93.3 Å². The van der Waals surface area contributed by atoms with E-state index in [1.165, 1.54) is 45.5 Å². The molecule has 5 aromatic rings. The first-order valence-electron chi connectivity index (χ1n) is 13.4. The third-order valence-corrected chi connectivity index (χ3v) is 8.08. The van der Waals surface area contributed by atoms with Crippen molar-refractivity contribution in [2.75, 3.05) is 0 Å². The van der Waals surface area contributed by atoms with Gasteiger partial charge in [-0.2, -0.15) is 0 Å². The Labute approximate surface area is 213 Å². The molecule has 179 valence electrons. The van der Waals surface area contributed by atoms with Crippen LogP contribution in [-0.4, -0.2) is 10.8 Å². The summed E-state index contributed by atoms with van der Waals surface area (Å²) in [6.07, 6.45) is 11.0. The molecule has 36 heavy (non-hydrogen) atoms. The molecular weight excluding hydrogens is 438 g/mol. The fourth-order valence-electron chi connectivity index (χ4n) is 6.25. The maximum absolute atomic E-state index is 13.9. The number of unbranched alkanes of at least 4 members (excludes halogenated alkanes) is 3. The van der Waals surface area contributed by atoms with Gasteiger partial charge in [-0.3, -0.25) is 9.78 Å². The molecule has 4 aromatic carbocycles. The topological polar surface area (TPSA) is 30.0 Å². The Kier molecular flexibility index (Phi) is 6.05. The molecule has 0 aliphatic heterocycles. The van der Waals surface area contributed by atoms with Crippen LogP contribution in [0.15, 0.2) is 85.1 Å². The number of nitrogens with zero attached hydrogens (tertiary/aromatic N) is 1. The molecular formula is C34H32NO. The maximum Gasteiger partial charge on any atom is 0.144 e. The Balaban J connectivity index is 1.51. The number of rotatable bonds is 7. The predicted molar refractivity (Wildman–Crippen MR) is 150 cm³/mol. The summed E-state index contributed by atoms with van der Waals surface area (Å²) in [6, 6.07) is 28.1. The van der Waals surface area contributed by atoms with Crippen LogP contribution >= 0.6 is 0 Å². The SMILES string of the molecule is CCCCCCC1([CH]c2ccc3ncccc3c2)C(=O)CCc2c1ccc1c2ccc2ccccc21. The van der Waals surface area contributed by atoms with Gasteiger partial charge in [0.2, 0.25) is 0 Å². The first-order valence-corrected chi connectivity index (χ1v) is 13.4. The quantitative estimate of drug-likeness (QED) is 0.176. The van der Waals surface area contributed by atoms with Crippen molar-refractivity contribution in [1.29, 1.82) is 0 Å². The number of carbonyl (C=O) groups is 1. The van der Waals surface area contributed by atoms with Crippen molar-refractivity contribution in [3.05, 3.63) is 108 Å². The van der Waals surface area contributed by atoms with E-state index in [-0.39, 0.29) is 0 Å². The van der Waals surface area contributed by atoms with Gasteiger partial charge in [-0.05, 0) is 69.3 Å². The summed E-state index contributed by atoms with van der Waals surface area (Å²) in [7, 11) is 0. The van der Waals surface area contributed by atoms with Gasteiger partial charge < -0.3 is 0 Å². The summed E-state index contributed by atoms with van der Waals surface area (Å²) in [5.41, 5.74) is 4.07. The van der Waals surface area contributed by atoms with Crippen LogP contribution in [0.3, 0.4) is 0 Å². The lowest BCUT2D eigenvalue weighted by atomic mass is 9.62. The van der Waals surface area contributed by atoms with Crippen molar-refractivity contribution in [1.82, 2.24) is 4.98 Å². The summed E-state index contributed by atoms with van der Waals surface area (Å²) in [4.78, 5) is 18.4. The average molecular weight is 471 g/mol. The van der Waals surface area contributed by atoms with E-state index in [4.69, 9.17) is 0 Å². The highest BCUT2D eigenvalue weighted by Crippen LogP contribution is 2.46. The summed E-state index contributed by atoms with van der Waals surface area (Å²) >= 11 is 0. The van der Waals surface area contributed by atoms with E-state index < -0.39 is 5.41 Å². The fourth-order valence-corrected chi connectivity index (χ4v) is 6.25. The van der Waals surface area contributed by atoms with E-state index in [1.54, 1.807) is 0 Å². The second-order valence-corrected chi connectivity index (χ2v) is 10.3. The second-order valence-electron chi connectivity index (χ2n) is 10.3. The molecule has 0 amide bonds. The molecule has 1 radical (unpaired) electrons. The van der Waals surface area contributed by atoms with Crippen LogP contribution in [0, 0.1) is 6.42 Å². The van der Waals surface area contributed by atoms with Crippen LogP contribution in [0.25, 0.3) is 32.4 Å². The van der Waals surface area contributed by atoms with Gasteiger partial charge in [0.1, 0.15) is 5.78 Å². The van der Waals surface area contributed by atoms with Gasteiger partial charge in [0.25, 0.3) is 0 Å². The van der Waals surface area contributed by atoms with E-state index in [9.17, 15) is 4.79 Å². The molecule has 1 unspecified atom stereocenters. The number of carbonyl (C=O) groups excluding carboxylic acids is 1. The molecule has 2 nitrogen and oxygen atoms in total. The molecule has 0 saturated heterocycles. The van der Waals surface area contributed by atoms with E-state index in [0.717, 1.165) is 42.1 Å². The van der Waals surface area contributed by atoms with Crippen molar-refractivity contribution < 1.29 is 4.79 Å². The van der Waals surface area contributed by atoms with Crippen LogP contribution in [0.5, 0.6) is 0 Å². The molecule has 0 spiro atoms. The number of hydrogen-bond acceptors (Lipinski definition) is 2. The minimum absolute atomic E-state index is 0.359. The van der Waals surface area contributed by atoms with E-state index in [0.29, 0.717) is 12.2 Å².